The Balaban J connectivity index is 1.67. The van der Waals surface area contributed by atoms with Gasteiger partial charge in [0.2, 0.25) is 21.9 Å². The molecular weight excluding hydrogens is 532 g/mol. The number of hydrogen-bond donors (Lipinski definition) is 2. The second-order valence-corrected chi connectivity index (χ2v) is 10.6. The molecule has 2 aromatic heterocycles. The largest absolute Gasteiger partial charge is 0.491 e. The summed E-state index contributed by atoms with van der Waals surface area (Å²) < 4.78 is 70.2. The maximum Gasteiger partial charge on any atom is 0.243 e. The zero-order valence-corrected chi connectivity index (χ0v) is 21.9. The third-order valence-electron chi connectivity index (χ3n) is 6.47. The highest BCUT2D eigenvalue weighted by molar-refractivity contribution is 7.89. The highest BCUT2D eigenvalue weighted by Gasteiger charge is 2.26. The summed E-state index contributed by atoms with van der Waals surface area (Å²) in [6, 6.07) is 7.05. The molecule has 3 heterocycles. The molecule has 204 valence electrons. The molecule has 1 aliphatic heterocycles. The number of nitrogens with two attached hydrogens (primary N) is 2. The number of aryl methyl sites for hydroxylation is 1. The van der Waals surface area contributed by atoms with E-state index in [2.05, 4.69) is 15.0 Å². The number of anilines is 1. The van der Waals surface area contributed by atoms with Gasteiger partial charge in [0, 0.05) is 40.8 Å². The number of rotatable bonds is 7. The summed E-state index contributed by atoms with van der Waals surface area (Å²) in [6.07, 6.45) is 2.39. The quantitative estimate of drug-likeness (QED) is 0.347. The number of nitrogens with zero attached hydrogens (tertiary/aromatic N) is 3. The molecular formula is C26H25F2N5O5S. The summed E-state index contributed by atoms with van der Waals surface area (Å²) in [5.74, 6) is -1.86. The number of primary sulfonamides is 1. The molecule has 0 saturated carbocycles. The van der Waals surface area contributed by atoms with Crippen LogP contribution in [0.3, 0.4) is 0 Å². The molecule has 0 bridgehead atoms. The van der Waals surface area contributed by atoms with Gasteiger partial charge in [0.15, 0.2) is 10.7 Å². The number of sulfonamides is 1. The standard InChI is InChI=1S/C26H25F2N5O5S/c1-13-18-7-15(9-21(23(18)33-26(29)32-13)38-12-14-5-6-37-11-14)16-8-19(25(36-2)31-10-16)17-3-4-20(27)24(22(17)28)39(30,34)35/h3-4,7-10,14H,5-6,11-12H2,1-2H3,(H2,29,32,33)(H2,30,34,35). The molecule has 1 unspecified atom stereocenters. The molecule has 0 amide bonds. The summed E-state index contributed by atoms with van der Waals surface area (Å²) in [4.78, 5) is 11.7. The lowest BCUT2D eigenvalue weighted by Crippen LogP contribution is -2.16. The van der Waals surface area contributed by atoms with E-state index in [1.165, 1.54) is 13.3 Å². The summed E-state index contributed by atoms with van der Waals surface area (Å²) in [5, 5.41) is 5.75. The zero-order valence-electron chi connectivity index (χ0n) is 21.1. The van der Waals surface area contributed by atoms with Gasteiger partial charge in [-0.1, -0.05) is 0 Å². The normalized spacial score (nSPS) is 15.6. The molecule has 5 rings (SSSR count). The fourth-order valence-electron chi connectivity index (χ4n) is 4.54. The number of pyridine rings is 1. The molecule has 1 fully saturated rings. The molecule has 13 heteroatoms. The van der Waals surface area contributed by atoms with Crippen molar-refractivity contribution in [1.29, 1.82) is 0 Å². The first-order valence-corrected chi connectivity index (χ1v) is 13.5. The third-order valence-corrected chi connectivity index (χ3v) is 7.42. The van der Waals surface area contributed by atoms with Gasteiger partial charge >= 0.3 is 0 Å². The summed E-state index contributed by atoms with van der Waals surface area (Å²) in [5.41, 5.74) is 8.04. The van der Waals surface area contributed by atoms with Crippen LogP contribution in [-0.2, 0) is 14.8 Å². The van der Waals surface area contributed by atoms with Gasteiger partial charge in [-0.15, -0.1) is 0 Å². The number of aromatic nitrogens is 3. The average Bonchev–Trinajstić information content (AvgIpc) is 3.40. The van der Waals surface area contributed by atoms with Crippen molar-refractivity contribution in [3.05, 3.63) is 53.9 Å². The molecule has 0 radical (unpaired) electrons. The number of halogens is 2. The highest BCUT2D eigenvalue weighted by Crippen LogP contribution is 2.39. The maximum atomic E-state index is 15.3. The lowest BCUT2D eigenvalue weighted by atomic mass is 9.99. The van der Waals surface area contributed by atoms with Gasteiger partial charge in [-0.3, -0.25) is 0 Å². The zero-order chi connectivity index (χ0) is 27.9. The van der Waals surface area contributed by atoms with E-state index in [-0.39, 0.29) is 28.9 Å². The molecule has 10 nitrogen and oxygen atoms in total. The van der Waals surface area contributed by atoms with E-state index >= 15 is 4.39 Å². The predicted molar refractivity (Wildman–Crippen MR) is 140 cm³/mol. The van der Waals surface area contributed by atoms with Crippen LogP contribution in [0.1, 0.15) is 12.1 Å². The van der Waals surface area contributed by atoms with Crippen molar-refractivity contribution < 1.29 is 31.4 Å². The average molecular weight is 558 g/mol. The third kappa shape index (κ3) is 5.20. The molecule has 0 aliphatic carbocycles. The van der Waals surface area contributed by atoms with E-state index in [4.69, 9.17) is 25.1 Å². The topological polar surface area (TPSA) is 153 Å². The first-order valence-electron chi connectivity index (χ1n) is 11.9. The fraction of sp³-hybridized carbons (Fsp3) is 0.269. The van der Waals surface area contributed by atoms with Crippen molar-refractivity contribution in [2.75, 3.05) is 32.7 Å². The van der Waals surface area contributed by atoms with Crippen LogP contribution in [-0.4, -0.2) is 50.3 Å². The summed E-state index contributed by atoms with van der Waals surface area (Å²) in [7, 11) is -3.36. The van der Waals surface area contributed by atoms with Crippen LogP contribution in [0.25, 0.3) is 33.2 Å². The van der Waals surface area contributed by atoms with Crippen molar-refractivity contribution >= 4 is 26.9 Å². The van der Waals surface area contributed by atoms with Crippen LogP contribution in [0.4, 0.5) is 14.7 Å². The van der Waals surface area contributed by atoms with E-state index < -0.39 is 26.6 Å². The number of ether oxygens (including phenoxy) is 3. The second-order valence-electron chi connectivity index (χ2n) is 9.14. The van der Waals surface area contributed by atoms with Crippen LogP contribution in [0, 0.1) is 24.5 Å². The SMILES string of the molecule is COc1ncc(-c2cc(OCC3CCOC3)c3nc(N)nc(C)c3c2)cc1-c1ccc(F)c(S(N)(=O)=O)c1F. The van der Waals surface area contributed by atoms with Crippen molar-refractivity contribution in [2.45, 2.75) is 18.2 Å². The van der Waals surface area contributed by atoms with Gasteiger partial charge in [-0.05, 0) is 49.2 Å². The van der Waals surface area contributed by atoms with Gasteiger partial charge in [0.1, 0.15) is 17.1 Å². The van der Waals surface area contributed by atoms with Gasteiger partial charge in [-0.2, -0.15) is 0 Å². The highest BCUT2D eigenvalue weighted by atomic mass is 32.2. The predicted octanol–water partition coefficient (Wildman–Crippen LogP) is 3.60. The van der Waals surface area contributed by atoms with E-state index in [9.17, 15) is 12.8 Å². The minimum atomic E-state index is -4.69. The first-order chi connectivity index (χ1) is 18.6. The molecule has 4 aromatic rings. The van der Waals surface area contributed by atoms with E-state index in [0.717, 1.165) is 18.6 Å². The molecule has 0 spiro atoms. The number of benzene rings is 2. The Morgan fingerprint density at radius 2 is 1.92 bits per heavy atom. The molecule has 1 saturated heterocycles. The molecule has 1 aliphatic rings. The van der Waals surface area contributed by atoms with E-state index in [1.807, 2.05) is 6.07 Å². The van der Waals surface area contributed by atoms with Crippen LogP contribution < -0.4 is 20.3 Å². The summed E-state index contributed by atoms with van der Waals surface area (Å²) in [6.45, 7) is 3.48. The molecule has 4 N–H and O–H groups in total. The van der Waals surface area contributed by atoms with Gasteiger partial charge in [0.25, 0.3) is 0 Å². The monoisotopic (exact) mass is 557 g/mol. The minimum Gasteiger partial charge on any atom is -0.491 e. The van der Waals surface area contributed by atoms with Crippen LogP contribution in [0.15, 0.2) is 41.4 Å². The lowest BCUT2D eigenvalue weighted by Gasteiger charge is -2.16. The van der Waals surface area contributed by atoms with Crippen molar-refractivity contribution in [1.82, 2.24) is 15.0 Å². The smallest absolute Gasteiger partial charge is 0.243 e. The Hall–Kier alpha value is -3.94. The van der Waals surface area contributed by atoms with Crippen molar-refractivity contribution in [3.8, 4) is 33.9 Å². The minimum absolute atomic E-state index is 0.00425. The lowest BCUT2D eigenvalue weighted by molar-refractivity contribution is 0.167. The molecule has 39 heavy (non-hydrogen) atoms. The number of hydrogen-bond acceptors (Lipinski definition) is 9. The number of fused-ring (bicyclic) bond motifs is 1. The van der Waals surface area contributed by atoms with E-state index in [0.29, 0.717) is 53.3 Å². The number of nitrogen functional groups attached to an aromatic ring is 1. The van der Waals surface area contributed by atoms with Gasteiger partial charge in [-0.25, -0.2) is 37.3 Å². The molecule has 2 aromatic carbocycles. The molecule has 1 atom stereocenters. The van der Waals surface area contributed by atoms with Crippen LogP contribution in [0.2, 0.25) is 0 Å². The van der Waals surface area contributed by atoms with Gasteiger partial charge < -0.3 is 19.9 Å². The Morgan fingerprint density at radius 3 is 2.62 bits per heavy atom. The van der Waals surface area contributed by atoms with Crippen LogP contribution in [0.5, 0.6) is 11.6 Å². The fourth-order valence-corrected chi connectivity index (χ4v) is 5.24. The van der Waals surface area contributed by atoms with E-state index in [1.54, 1.807) is 19.1 Å². The number of methoxy groups -OCH3 is 1. The van der Waals surface area contributed by atoms with Crippen molar-refractivity contribution in [3.63, 3.8) is 0 Å². The summed E-state index contributed by atoms with van der Waals surface area (Å²) >= 11 is 0. The maximum absolute atomic E-state index is 15.3. The Bertz CT molecular complexity index is 1690. The second kappa shape index (κ2) is 10.3. The van der Waals surface area contributed by atoms with Crippen molar-refractivity contribution in [2.24, 2.45) is 11.1 Å². The first kappa shape index (κ1) is 26.7. The Kier molecular flexibility index (Phi) is 7.05. The van der Waals surface area contributed by atoms with Gasteiger partial charge in [0.05, 0.1) is 26.0 Å². The van der Waals surface area contributed by atoms with Crippen LogP contribution >= 0.6 is 0 Å². The Morgan fingerprint density at radius 1 is 1.13 bits per heavy atom. The Labute approximate surface area is 223 Å².